The highest BCUT2D eigenvalue weighted by molar-refractivity contribution is 7.98. The van der Waals surface area contributed by atoms with Crippen molar-refractivity contribution in [3.8, 4) is 11.5 Å². The number of rotatable bonds is 9. The highest BCUT2D eigenvalue weighted by atomic mass is 32.2. The van der Waals surface area contributed by atoms with E-state index >= 15 is 0 Å². The summed E-state index contributed by atoms with van der Waals surface area (Å²) in [6, 6.07) is 8.66. The highest BCUT2D eigenvalue weighted by Gasteiger charge is 2.21. The first kappa shape index (κ1) is 29.5. The molecule has 0 unspecified atom stereocenters. The van der Waals surface area contributed by atoms with Crippen molar-refractivity contribution >= 4 is 40.5 Å². The van der Waals surface area contributed by atoms with Gasteiger partial charge in [-0.05, 0) is 30.9 Å². The summed E-state index contributed by atoms with van der Waals surface area (Å²) in [5.41, 5.74) is 1.85. The van der Waals surface area contributed by atoms with Crippen molar-refractivity contribution in [2.45, 2.75) is 44.0 Å². The number of anilines is 2. The van der Waals surface area contributed by atoms with E-state index < -0.39 is 0 Å². The van der Waals surface area contributed by atoms with E-state index in [2.05, 4.69) is 51.3 Å². The number of nitrogens with zero attached hydrogens (tertiary/aromatic N) is 5. The van der Waals surface area contributed by atoms with Crippen LogP contribution in [0.4, 0.5) is 16.3 Å². The number of nitrogens with one attached hydrogen (secondary N) is 3. The van der Waals surface area contributed by atoms with Crippen LogP contribution in [0.5, 0.6) is 11.5 Å². The Morgan fingerprint density at radius 3 is 2.69 bits per heavy atom. The number of morpholine rings is 1. The van der Waals surface area contributed by atoms with Gasteiger partial charge in [0.2, 0.25) is 0 Å². The second-order valence-electron chi connectivity index (χ2n) is 11.0. The zero-order valence-corrected chi connectivity index (χ0v) is 25.1. The Morgan fingerprint density at radius 2 is 1.93 bits per heavy atom. The van der Waals surface area contributed by atoms with Gasteiger partial charge >= 0.3 is 6.03 Å². The summed E-state index contributed by atoms with van der Waals surface area (Å²) in [6.07, 6.45) is 5.58. The first-order valence-corrected chi connectivity index (χ1v) is 15.1. The number of pyridine rings is 1. The maximum atomic E-state index is 13.2. The predicted octanol–water partition coefficient (Wildman–Crippen LogP) is 4.69. The molecule has 3 N–H and O–H groups in total. The third-order valence-electron chi connectivity index (χ3n) is 6.83. The number of carbonyl (C=O) groups excluding carboxylic acids is 1. The Bertz CT molecular complexity index is 1610. The second kappa shape index (κ2) is 12.9. The molecule has 1 saturated heterocycles. The van der Waals surface area contributed by atoms with Crippen LogP contribution in [0.15, 0.2) is 52.4 Å². The van der Waals surface area contributed by atoms with Crippen molar-refractivity contribution in [3.63, 3.8) is 0 Å². The Balaban J connectivity index is 1.27. The van der Waals surface area contributed by atoms with Gasteiger partial charge in [0.15, 0.2) is 11.4 Å². The molecular formula is C29H36N8O4S. The largest absolute Gasteiger partial charge is 0.455 e. The lowest BCUT2D eigenvalue weighted by atomic mass is 9.92. The van der Waals surface area contributed by atoms with E-state index in [1.165, 1.54) is 18.0 Å². The molecule has 0 bridgehead atoms. The lowest BCUT2D eigenvalue weighted by Gasteiger charge is -2.26. The SMILES string of the molecule is CSc1cc(Oc2ccnc3[nH]c(=O)cnc23)ccc1NC(=O)Nc1cc(C(C)(C)C)nn1CCCN1CCOCC1. The van der Waals surface area contributed by atoms with E-state index in [0.717, 1.165) is 49.9 Å². The van der Waals surface area contributed by atoms with Crippen molar-refractivity contribution in [2.75, 3.05) is 49.7 Å². The molecule has 1 aliphatic heterocycles. The van der Waals surface area contributed by atoms with Crippen LogP contribution in [-0.2, 0) is 16.7 Å². The zero-order valence-electron chi connectivity index (χ0n) is 24.3. The fourth-order valence-electron chi connectivity index (χ4n) is 4.57. The molecule has 0 spiro atoms. The van der Waals surface area contributed by atoms with Gasteiger partial charge in [-0.15, -0.1) is 11.8 Å². The number of hydrogen-bond donors (Lipinski definition) is 3. The molecule has 222 valence electrons. The van der Waals surface area contributed by atoms with Gasteiger partial charge in [-0.1, -0.05) is 20.8 Å². The number of H-pyrrole nitrogens is 1. The Morgan fingerprint density at radius 1 is 1.12 bits per heavy atom. The summed E-state index contributed by atoms with van der Waals surface area (Å²) in [7, 11) is 0. The summed E-state index contributed by atoms with van der Waals surface area (Å²) < 4.78 is 13.4. The number of fused-ring (bicyclic) bond motifs is 1. The minimum Gasteiger partial charge on any atom is -0.455 e. The molecule has 0 aliphatic carbocycles. The van der Waals surface area contributed by atoms with Gasteiger partial charge in [0.05, 0.1) is 30.8 Å². The van der Waals surface area contributed by atoms with Crippen molar-refractivity contribution in [3.05, 3.63) is 58.8 Å². The third-order valence-corrected chi connectivity index (χ3v) is 7.60. The smallest absolute Gasteiger partial charge is 0.324 e. The van der Waals surface area contributed by atoms with Crippen LogP contribution in [0.3, 0.4) is 0 Å². The van der Waals surface area contributed by atoms with Crippen LogP contribution in [0, 0.1) is 0 Å². The molecule has 1 aliphatic rings. The number of hydrogen-bond acceptors (Lipinski definition) is 9. The predicted molar refractivity (Wildman–Crippen MR) is 164 cm³/mol. The minimum atomic E-state index is -0.359. The number of aromatic nitrogens is 5. The van der Waals surface area contributed by atoms with Crippen LogP contribution in [0.2, 0.25) is 0 Å². The van der Waals surface area contributed by atoms with Crippen LogP contribution in [0.25, 0.3) is 11.2 Å². The van der Waals surface area contributed by atoms with E-state index in [4.69, 9.17) is 14.6 Å². The van der Waals surface area contributed by atoms with Crippen LogP contribution >= 0.6 is 11.8 Å². The topological polar surface area (TPSA) is 139 Å². The van der Waals surface area contributed by atoms with Crippen molar-refractivity contribution in [1.29, 1.82) is 0 Å². The third kappa shape index (κ3) is 7.27. The van der Waals surface area contributed by atoms with Gasteiger partial charge < -0.3 is 19.8 Å². The zero-order chi connectivity index (χ0) is 29.7. The maximum Gasteiger partial charge on any atom is 0.324 e. The Hall–Kier alpha value is -3.94. The standard InChI is InChI=1S/C29H36N8O4S/c1-29(2,3)23-17-24(37(35-23)11-5-10-36-12-14-40-15-13-36)33-28(39)32-20-7-6-19(16-22(20)42-4)41-21-8-9-30-27-26(21)31-18-25(38)34-27/h6-9,16-18H,5,10-15H2,1-4H3,(H,30,34,38)(H2,32,33,39). The number of urea groups is 1. The molecule has 42 heavy (non-hydrogen) atoms. The summed E-state index contributed by atoms with van der Waals surface area (Å²) >= 11 is 1.48. The van der Waals surface area contributed by atoms with Crippen LogP contribution in [0.1, 0.15) is 32.9 Å². The van der Waals surface area contributed by atoms with Crippen molar-refractivity contribution < 1.29 is 14.3 Å². The van der Waals surface area contributed by atoms with Gasteiger partial charge in [-0.3, -0.25) is 15.0 Å². The molecule has 4 aromatic rings. The fourth-order valence-corrected chi connectivity index (χ4v) is 5.14. The first-order valence-electron chi connectivity index (χ1n) is 13.9. The number of aryl methyl sites for hydroxylation is 1. The molecule has 2 amide bonds. The van der Waals surface area contributed by atoms with Crippen LogP contribution < -0.4 is 20.9 Å². The molecule has 1 aromatic carbocycles. The molecule has 0 atom stereocenters. The number of thioether (sulfide) groups is 1. The summed E-state index contributed by atoms with van der Waals surface area (Å²) in [5.74, 6) is 1.66. The fraction of sp³-hybridized carbons (Fsp3) is 0.414. The Kier molecular flexibility index (Phi) is 9.09. The van der Waals surface area contributed by atoms with Gasteiger partial charge in [0.25, 0.3) is 5.56 Å². The summed E-state index contributed by atoms with van der Waals surface area (Å²) in [5, 5.41) is 10.8. The Labute approximate surface area is 248 Å². The van der Waals surface area contributed by atoms with Crippen molar-refractivity contribution in [2.24, 2.45) is 0 Å². The van der Waals surface area contributed by atoms with E-state index in [-0.39, 0.29) is 17.0 Å². The molecule has 13 heteroatoms. The van der Waals surface area contributed by atoms with E-state index in [1.54, 1.807) is 24.4 Å². The maximum absolute atomic E-state index is 13.2. The number of carbonyl (C=O) groups is 1. The van der Waals surface area contributed by atoms with Crippen LogP contribution in [-0.4, -0.2) is 74.8 Å². The number of amides is 2. The van der Waals surface area contributed by atoms with Gasteiger partial charge in [0.1, 0.15) is 17.1 Å². The lowest BCUT2D eigenvalue weighted by Crippen LogP contribution is -2.37. The second-order valence-corrected chi connectivity index (χ2v) is 11.8. The van der Waals surface area contributed by atoms with Gasteiger partial charge in [-0.2, -0.15) is 5.10 Å². The number of benzene rings is 1. The average Bonchev–Trinajstić information content (AvgIpc) is 3.37. The molecule has 3 aromatic heterocycles. The van der Waals surface area contributed by atoms with Gasteiger partial charge in [0, 0.05) is 54.8 Å². The number of ether oxygens (including phenoxy) is 2. The average molecular weight is 593 g/mol. The number of aromatic amines is 1. The highest BCUT2D eigenvalue weighted by Crippen LogP contribution is 2.33. The molecule has 1 fully saturated rings. The van der Waals surface area contributed by atoms with E-state index in [9.17, 15) is 9.59 Å². The van der Waals surface area contributed by atoms with Gasteiger partial charge in [-0.25, -0.2) is 19.4 Å². The molecule has 4 heterocycles. The molecule has 0 saturated carbocycles. The molecule has 5 rings (SSSR count). The first-order chi connectivity index (χ1) is 20.2. The quantitative estimate of drug-likeness (QED) is 0.236. The lowest BCUT2D eigenvalue weighted by molar-refractivity contribution is 0.0368. The monoisotopic (exact) mass is 592 g/mol. The molecule has 12 nitrogen and oxygen atoms in total. The summed E-state index contributed by atoms with van der Waals surface area (Å²) in [4.78, 5) is 38.9. The molecular weight excluding hydrogens is 556 g/mol. The van der Waals surface area contributed by atoms with E-state index in [0.29, 0.717) is 40.7 Å². The normalized spacial score (nSPS) is 14.2. The summed E-state index contributed by atoms with van der Waals surface area (Å²) in [6.45, 7) is 11.4. The molecule has 0 radical (unpaired) electrons. The van der Waals surface area contributed by atoms with Crippen molar-refractivity contribution in [1.82, 2.24) is 29.6 Å². The minimum absolute atomic E-state index is 0.158. The van der Waals surface area contributed by atoms with E-state index in [1.807, 2.05) is 23.1 Å².